The number of hydrogen-bond donors (Lipinski definition) is 2. The van der Waals surface area contributed by atoms with Crippen molar-refractivity contribution in [3.05, 3.63) is 47.2 Å². The van der Waals surface area contributed by atoms with Gasteiger partial charge in [0, 0.05) is 37.0 Å². The number of carbonyl (C=O) groups is 1. The molecule has 25 heavy (non-hydrogen) atoms. The highest BCUT2D eigenvalue weighted by molar-refractivity contribution is 9.10. The van der Waals surface area contributed by atoms with Crippen molar-refractivity contribution in [2.45, 2.75) is 4.90 Å². The number of likely N-dealkylation sites (N-methyl/N-ethyl adjacent to an activating group) is 1. The fourth-order valence-corrected chi connectivity index (χ4v) is 3.29. The topological polar surface area (TPSA) is 104 Å². The molecule has 134 valence electrons. The molecule has 0 fully saturated rings. The van der Waals surface area contributed by atoms with E-state index in [0.717, 1.165) is 8.78 Å². The molecule has 0 atom stereocenters. The number of anilines is 1. The Morgan fingerprint density at radius 1 is 1.16 bits per heavy atom. The van der Waals surface area contributed by atoms with Crippen LogP contribution in [0.25, 0.3) is 0 Å². The summed E-state index contributed by atoms with van der Waals surface area (Å²) in [5.74, 6) is 0.0747. The second-order valence-corrected chi connectivity index (χ2v) is 8.02. The molecule has 0 aliphatic rings. The Hall–Kier alpha value is -2.04. The summed E-state index contributed by atoms with van der Waals surface area (Å²) >= 11 is 3.25. The first kappa shape index (κ1) is 19.3. The molecule has 10 heteroatoms. The van der Waals surface area contributed by atoms with E-state index >= 15 is 0 Å². The van der Waals surface area contributed by atoms with Gasteiger partial charge in [-0.2, -0.15) is 4.31 Å². The van der Waals surface area contributed by atoms with Gasteiger partial charge in [-0.15, -0.1) is 0 Å². The number of hydrogen-bond acceptors (Lipinski definition) is 6. The summed E-state index contributed by atoms with van der Waals surface area (Å²) in [7, 11) is -2.34. The molecule has 2 N–H and O–H groups in total. The van der Waals surface area contributed by atoms with Crippen molar-refractivity contribution >= 4 is 37.8 Å². The first-order valence-corrected chi connectivity index (χ1v) is 9.62. The van der Waals surface area contributed by atoms with Gasteiger partial charge in [0.15, 0.2) is 0 Å². The monoisotopic (exact) mass is 427 g/mol. The zero-order valence-electron chi connectivity index (χ0n) is 13.5. The smallest absolute Gasteiger partial charge is 0.243 e. The molecule has 0 aliphatic heterocycles. The standard InChI is InChI=1S/C15H18BrN5O3S/c1-21(25(23,24)13-5-3-12(16)4-6-13)11-14(22)17-9-10-20-15-18-7-2-8-19-15/h2-8H,9-11H2,1H3,(H,17,22)(H,18,19,20). The largest absolute Gasteiger partial charge is 0.353 e. The highest BCUT2D eigenvalue weighted by atomic mass is 79.9. The van der Waals surface area contributed by atoms with Gasteiger partial charge in [-0.05, 0) is 30.3 Å². The van der Waals surface area contributed by atoms with Crippen LogP contribution in [0.1, 0.15) is 0 Å². The number of nitrogens with zero attached hydrogens (tertiary/aromatic N) is 3. The van der Waals surface area contributed by atoms with E-state index in [4.69, 9.17) is 0 Å². The lowest BCUT2D eigenvalue weighted by Gasteiger charge is -2.17. The Bertz CT molecular complexity index is 800. The minimum Gasteiger partial charge on any atom is -0.353 e. The van der Waals surface area contributed by atoms with Crippen LogP contribution in [0.5, 0.6) is 0 Å². The van der Waals surface area contributed by atoms with Gasteiger partial charge >= 0.3 is 0 Å². The average molecular weight is 428 g/mol. The third-order valence-corrected chi connectivity index (χ3v) is 5.53. The molecular weight excluding hydrogens is 410 g/mol. The minimum absolute atomic E-state index is 0.133. The first-order chi connectivity index (χ1) is 11.9. The van der Waals surface area contributed by atoms with Crippen molar-refractivity contribution in [3.63, 3.8) is 0 Å². The Balaban J connectivity index is 1.80. The lowest BCUT2D eigenvalue weighted by atomic mass is 10.4. The van der Waals surface area contributed by atoms with Crippen LogP contribution in [0.15, 0.2) is 52.1 Å². The molecule has 0 saturated heterocycles. The summed E-state index contributed by atoms with van der Waals surface area (Å²) in [6, 6.07) is 7.94. The van der Waals surface area contributed by atoms with Crippen molar-refractivity contribution < 1.29 is 13.2 Å². The van der Waals surface area contributed by atoms with Crippen LogP contribution in [0.3, 0.4) is 0 Å². The molecule has 1 heterocycles. The maximum absolute atomic E-state index is 12.4. The fraction of sp³-hybridized carbons (Fsp3) is 0.267. The number of sulfonamides is 1. The Morgan fingerprint density at radius 2 is 1.80 bits per heavy atom. The van der Waals surface area contributed by atoms with Crippen LogP contribution in [0.2, 0.25) is 0 Å². The lowest BCUT2D eigenvalue weighted by Crippen LogP contribution is -2.39. The number of rotatable bonds is 8. The van der Waals surface area contributed by atoms with Gasteiger partial charge in [0.05, 0.1) is 11.4 Å². The van der Waals surface area contributed by atoms with E-state index in [1.165, 1.54) is 19.2 Å². The molecule has 0 bridgehead atoms. The maximum atomic E-state index is 12.4. The molecule has 0 radical (unpaired) electrons. The fourth-order valence-electron chi connectivity index (χ4n) is 1.90. The highest BCUT2D eigenvalue weighted by Crippen LogP contribution is 2.17. The van der Waals surface area contributed by atoms with Gasteiger partial charge in [-0.25, -0.2) is 18.4 Å². The van der Waals surface area contributed by atoms with Crippen molar-refractivity contribution in [1.29, 1.82) is 0 Å². The number of amides is 1. The van der Waals surface area contributed by atoms with Crippen LogP contribution in [0.4, 0.5) is 5.95 Å². The van der Waals surface area contributed by atoms with Crippen LogP contribution in [0, 0.1) is 0 Å². The summed E-state index contributed by atoms with van der Waals surface area (Å²) in [5.41, 5.74) is 0. The Morgan fingerprint density at radius 3 is 2.44 bits per heavy atom. The predicted octanol–water partition coefficient (Wildman–Crippen LogP) is 1.09. The predicted molar refractivity (Wildman–Crippen MR) is 97.5 cm³/mol. The number of benzene rings is 1. The Labute approximate surface area is 154 Å². The van der Waals surface area contributed by atoms with Crippen LogP contribution in [-0.4, -0.2) is 55.3 Å². The molecule has 2 rings (SSSR count). The summed E-state index contributed by atoms with van der Waals surface area (Å²) in [5, 5.41) is 5.59. The van der Waals surface area contributed by atoms with Crippen molar-refractivity contribution in [2.24, 2.45) is 0 Å². The summed E-state index contributed by atoms with van der Waals surface area (Å²) < 4.78 is 26.6. The second-order valence-electron chi connectivity index (χ2n) is 5.06. The maximum Gasteiger partial charge on any atom is 0.243 e. The number of halogens is 1. The van der Waals surface area contributed by atoms with Crippen LogP contribution >= 0.6 is 15.9 Å². The summed E-state index contributed by atoms with van der Waals surface area (Å²) in [6.07, 6.45) is 3.21. The van der Waals surface area contributed by atoms with E-state index in [1.807, 2.05) is 0 Å². The van der Waals surface area contributed by atoms with E-state index in [0.29, 0.717) is 19.0 Å². The second kappa shape index (κ2) is 8.88. The normalized spacial score (nSPS) is 11.3. The molecule has 0 saturated carbocycles. The average Bonchev–Trinajstić information content (AvgIpc) is 2.60. The first-order valence-electron chi connectivity index (χ1n) is 7.39. The minimum atomic E-state index is -3.71. The summed E-state index contributed by atoms with van der Waals surface area (Å²) in [4.78, 5) is 20.0. The summed E-state index contributed by atoms with van der Waals surface area (Å²) in [6.45, 7) is 0.489. The van der Waals surface area contributed by atoms with Gasteiger partial charge in [-0.3, -0.25) is 4.79 Å². The highest BCUT2D eigenvalue weighted by Gasteiger charge is 2.22. The Kier molecular flexibility index (Phi) is 6.85. The molecule has 0 unspecified atom stereocenters. The molecule has 8 nitrogen and oxygen atoms in total. The molecule has 0 spiro atoms. The van der Waals surface area contributed by atoms with Gasteiger partial charge in [0.1, 0.15) is 0 Å². The van der Waals surface area contributed by atoms with Gasteiger partial charge in [0.25, 0.3) is 0 Å². The number of aromatic nitrogens is 2. The van der Waals surface area contributed by atoms with Gasteiger partial charge in [-0.1, -0.05) is 15.9 Å². The number of carbonyl (C=O) groups excluding carboxylic acids is 1. The van der Waals surface area contributed by atoms with E-state index in [9.17, 15) is 13.2 Å². The zero-order valence-corrected chi connectivity index (χ0v) is 15.9. The van der Waals surface area contributed by atoms with Gasteiger partial charge < -0.3 is 10.6 Å². The van der Waals surface area contributed by atoms with Crippen molar-refractivity contribution in [2.75, 3.05) is 32.0 Å². The lowest BCUT2D eigenvalue weighted by molar-refractivity contribution is -0.121. The van der Waals surface area contributed by atoms with Crippen molar-refractivity contribution in [1.82, 2.24) is 19.6 Å². The van der Waals surface area contributed by atoms with E-state index in [1.54, 1.807) is 30.6 Å². The van der Waals surface area contributed by atoms with Crippen molar-refractivity contribution in [3.8, 4) is 0 Å². The third kappa shape index (κ3) is 5.76. The molecule has 0 aliphatic carbocycles. The number of nitrogens with one attached hydrogen (secondary N) is 2. The van der Waals surface area contributed by atoms with E-state index < -0.39 is 10.0 Å². The third-order valence-electron chi connectivity index (χ3n) is 3.18. The van der Waals surface area contributed by atoms with Crippen LogP contribution < -0.4 is 10.6 Å². The molecule has 2 aromatic rings. The molecule has 1 aromatic heterocycles. The van der Waals surface area contributed by atoms with E-state index in [2.05, 4.69) is 36.5 Å². The molecule has 1 aromatic carbocycles. The SMILES string of the molecule is CN(CC(=O)NCCNc1ncccn1)S(=O)(=O)c1ccc(Br)cc1. The molecule has 1 amide bonds. The quantitative estimate of drug-likeness (QED) is 0.610. The van der Waals surface area contributed by atoms with E-state index in [-0.39, 0.29) is 17.3 Å². The van der Waals surface area contributed by atoms with Gasteiger partial charge in [0.2, 0.25) is 21.9 Å². The molecular formula is C15H18BrN5O3S. The van der Waals surface area contributed by atoms with Crippen LogP contribution in [-0.2, 0) is 14.8 Å². The zero-order chi connectivity index (χ0) is 18.3.